The number of piperidine rings is 1. The van der Waals surface area contributed by atoms with Gasteiger partial charge in [-0.3, -0.25) is 4.79 Å². The van der Waals surface area contributed by atoms with Crippen LogP contribution in [0.5, 0.6) is 11.5 Å². The van der Waals surface area contributed by atoms with Crippen molar-refractivity contribution in [1.82, 2.24) is 4.90 Å². The van der Waals surface area contributed by atoms with E-state index in [0.29, 0.717) is 11.5 Å². The molecule has 1 aliphatic rings. The van der Waals surface area contributed by atoms with E-state index in [1.54, 1.807) is 13.2 Å². The molecule has 2 rings (SSSR count). The SMILES string of the molecule is COc1cc(C(=S)N2CCCCC2)ccc1OCC(N)=O. The predicted molar refractivity (Wildman–Crippen MR) is 84.8 cm³/mol. The highest BCUT2D eigenvalue weighted by molar-refractivity contribution is 7.80. The quantitative estimate of drug-likeness (QED) is 0.839. The fourth-order valence-corrected chi connectivity index (χ4v) is 2.66. The fourth-order valence-electron chi connectivity index (χ4n) is 2.35. The average Bonchev–Trinajstić information content (AvgIpc) is 2.52. The number of hydrogen-bond acceptors (Lipinski definition) is 4. The molecule has 0 bridgehead atoms. The van der Waals surface area contributed by atoms with Crippen molar-refractivity contribution in [2.75, 3.05) is 26.8 Å². The molecule has 0 aliphatic carbocycles. The van der Waals surface area contributed by atoms with Crippen LogP contribution in [0.1, 0.15) is 24.8 Å². The van der Waals surface area contributed by atoms with Crippen molar-refractivity contribution in [2.45, 2.75) is 19.3 Å². The Hall–Kier alpha value is -1.82. The topological polar surface area (TPSA) is 64.8 Å². The Morgan fingerprint density at radius 3 is 2.62 bits per heavy atom. The van der Waals surface area contributed by atoms with Crippen LogP contribution in [0.4, 0.5) is 0 Å². The monoisotopic (exact) mass is 308 g/mol. The van der Waals surface area contributed by atoms with Gasteiger partial charge in [-0.05, 0) is 37.5 Å². The van der Waals surface area contributed by atoms with Crippen molar-refractivity contribution in [1.29, 1.82) is 0 Å². The number of methoxy groups -OCH3 is 1. The highest BCUT2D eigenvalue weighted by Gasteiger charge is 2.16. The lowest BCUT2D eigenvalue weighted by molar-refractivity contribution is -0.119. The Bertz CT molecular complexity index is 528. The van der Waals surface area contributed by atoms with Crippen LogP contribution in [0.25, 0.3) is 0 Å². The first-order valence-electron chi connectivity index (χ1n) is 7.00. The minimum Gasteiger partial charge on any atom is -0.493 e. The molecule has 1 aromatic rings. The normalized spacial score (nSPS) is 14.6. The van der Waals surface area contributed by atoms with Gasteiger partial charge in [-0.2, -0.15) is 0 Å². The van der Waals surface area contributed by atoms with Gasteiger partial charge in [0.15, 0.2) is 18.1 Å². The van der Waals surface area contributed by atoms with Crippen molar-refractivity contribution in [2.24, 2.45) is 5.73 Å². The first kappa shape index (κ1) is 15.6. The molecular formula is C15H20N2O3S. The summed E-state index contributed by atoms with van der Waals surface area (Å²) < 4.78 is 10.6. The van der Waals surface area contributed by atoms with Gasteiger partial charge < -0.3 is 20.1 Å². The molecule has 0 unspecified atom stereocenters. The number of rotatable bonds is 5. The van der Waals surface area contributed by atoms with Gasteiger partial charge in [-0.25, -0.2) is 0 Å². The highest BCUT2D eigenvalue weighted by Crippen LogP contribution is 2.29. The number of nitrogens with zero attached hydrogens (tertiary/aromatic N) is 1. The minimum atomic E-state index is -0.523. The van der Waals surface area contributed by atoms with Gasteiger partial charge in [-0.15, -0.1) is 0 Å². The van der Waals surface area contributed by atoms with E-state index in [4.69, 9.17) is 27.4 Å². The van der Waals surface area contributed by atoms with Crippen LogP contribution in [-0.2, 0) is 4.79 Å². The molecule has 1 heterocycles. The van der Waals surface area contributed by atoms with E-state index in [2.05, 4.69) is 4.90 Å². The molecule has 0 spiro atoms. The zero-order chi connectivity index (χ0) is 15.2. The molecule has 0 atom stereocenters. The Morgan fingerprint density at radius 1 is 1.29 bits per heavy atom. The van der Waals surface area contributed by atoms with E-state index < -0.39 is 5.91 Å². The van der Waals surface area contributed by atoms with Crippen LogP contribution < -0.4 is 15.2 Å². The second-order valence-corrected chi connectivity index (χ2v) is 5.36. The summed E-state index contributed by atoms with van der Waals surface area (Å²) >= 11 is 5.55. The number of ether oxygens (including phenoxy) is 2. The van der Waals surface area contributed by atoms with Gasteiger partial charge in [0.1, 0.15) is 4.99 Å². The molecule has 1 aromatic carbocycles. The number of hydrogen-bond donors (Lipinski definition) is 1. The Kier molecular flexibility index (Phi) is 5.38. The first-order chi connectivity index (χ1) is 10.1. The molecule has 1 aliphatic heterocycles. The van der Waals surface area contributed by atoms with Gasteiger partial charge >= 0.3 is 0 Å². The summed E-state index contributed by atoms with van der Waals surface area (Å²) in [6.07, 6.45) is 3.62. The number of primary amides is 1. The maximum atomic E-state index is 10.8. The first-order valence-corrected chi connectivity index (χ1v) is 7.41. The molecule has 5 nitrogen and oxygen atoms in total. The largest absolute Gasteiger partial charge is 0.493 e. The molecule has 0 radical (unpaired) electrons. The Morgan fingerprint density at radius 2 is 2.00 bits per heavy atom. The second-order valence-electron chi connectivity index (χ2n) is 4.97. The molecule has 6 heteroatoms. The zero-order valence-electron chi connectivity index (χ0n) is 12.1. The summed E-state index contributed by atoms with van der Waals surface area (Å²) in [6, 6.07) is 5.48. The molecular weight excluding hydrogens is 288 g/mol. The smallest absolute Gasteiger partial charge is 0.255 e. The Balaban J connectivity index is 2.13. The zero-order valence-corrected chi connectivity index (χ0v) is 12.9. The number of carbonyl (C=O) groups excluding carboxylic acids is 1. The maximum absolute atomic E-state index is 10.8. The molecule has 0 aromatic heterocycles. The lowest BCUT2D eigenvalue weighted by Gasteiger charge is -2.29. The van der Waals surface area contributed by atoms with Crippen molar-refractivity contribution < 1.29 is 14.3 Å². The van der Waals surface area contributed by atoms with Crippen molar-refractivity contribution in [3.05, 3.63) is 23.8 Å². The van der Waals surface area contributed by atoms with Gasteiger partial charge in [-0.1, -0.05) is 12.2 Å². The summed E-state index contributed by atoms with van der Waals surface area (Å²) in [5.41, 5.74) is 6.00. The summed E-state index contributed by atoms with van der Waals surface area (Å²) in [4.78, 5) is 13.8. The average molecular weight is 308 g/mol. The lowest BCUT2D eigenvalue weighted by atomic mass is 10.1. The van der Waals surface area contributed by atoms with Crippen molar-refractivity contribution >= 4 is 23.1 Å². The maximum Gasteiger partial charge on any atom is 0.255 e. The van der Waals surface area contributed by atoms with Crippen LogP contribution in [0, 0.1) is 0 Å². The highest BCUT2D eigenvalue weighted by atomic mass is 32.1. The van der Waals surface area contributed by atoms with E-state index in [-0.39, 0.29) is 6.61 Å². The predicted octanol–water partition coefficient (Wildman–Crippen LogP) is 1.72. The third-order valence-electron chi connectivity index (χ3n) is 3.42. The van der Waals surface area contributed by atoms with Gasteiger partial charge in [0.2, 0.25) is 0 Å². The number of thiocarbonyl (C=S) groups is 1. The molecule has 1 fully saturated rings. The van der Waals surface area contributed by atoms with Crippen LogP contribution in [0.3, 0.4) is 0 Å². The van der Waals surface area contributed by atoms with E-state index in [0.717, 1.165) is 23.6 Å². The van der Waals surface area contributed by atoms with Crippen LogP contribution in [0.15, 0.2) is 18.2 Å². The van der Waals surface area contributed by atoms with Crippen molar-refractivity contribution in [3.8, 4) is 11.5 Å². The van der Waals surface area contributed by atoms with E-state index in [9.17, 15) is 4.79 Å². The number of benzene rings is 1. The van der Waals surface area contributed by atoms with Crippen molar-refractivity contribution in [3.63, 3.8) is 0 Å². The summed E-state index contributed by atoms with van der Waals surface area (Å²) in [5.74, 6) is 0.513. The standard InChI is InChI=1S/C15H20N2O3S/c1-19-13-9-11(5-6-12(13)20-10-14(16)18)15(21)17-7-3-2-4-8-17/h5-6,9H,2-4,7-8,10H2,1H3,(H2,16,18). The molecule has 2 N–H and O–H groups in total. The molecule has 1 amide bonds. The van der Waals surface area contributed by atoms with E-state index in [1.807, 2.05) is 12.1 Å². The molecule has 0 saturated carbocycles. The third-order valence-corrected chi connectivity index (χ3v) is 3.92. The second kappa shape index (κ2) is 7.26. The lowest BCUT2D eigenvalue weighted by Crippen LogP contribution is -2.34. The van der Waals surface area contributed by atoms with Crippen LogP contribution >= 0.6 is 12.2 Å². The fraction of sp³-hybridized carbons (Fsp3) is 0.467. The number of likely N-dealkylation sites (tertiary alicyclic amines) is 1. The Labute approximate surface area is 130 Å². The number of carbonyl (C=O) groups is 1. The molecule has 114 valence electrons. The third kappa shape index (κ3) is 4.07. The summed E-state index contributed by atoms with van der Waals surface area (Å²) in [6.45, 7) is 1.83. The van der Waals surface area contributed by atoms with Crippen LogP contribution in [-0.4, -0.2) is 42.6 Å². The minimum absolute atomic E-state index is 0.174. The number of nitrogens with two attached hydrogens (primary N) is 1. The molecule has 21 heavy (non-hydrogen) atoms. The number of amides is 1. The van der Waals surface area contributed by atoms with Crippen LogP contribution in [0.2, 0.25) is 0 Å². The summed E-state index contributed by atoms with van der Waals surface area (Å²) in [5, 5.41) is 0. The van der Waals surface area contributed by atoms with Gasteiger partial charge in [0, 0.05) is 18.7 Å². The van der Waals surface area contributed by atoms with Gasteiger partial charge in [0.25, 0.3) is 5.91 Å². The molecule has 1 saturated heterocycles. The summed E-state index contributed by atoms with van der Waals surface area (Å²) in [7, 11) is 1.56. The van der Waals surface area contributed by atoms with E-state index >= 15 is 0 Å². The van der Waals surface area contributed by atoms with Gasteiger partial charge in [0.05, 0.1) is 7.11 Å². The van der Waals surface area contributed by atoms with E-state index in [1.165, 1.54) is 19.3 Å².